The van der Waals surface area contributed by atoms with Gasteiger partial charge in [-0.2, -0.15) is 5.26 Å². The van der Waals surface area contributed by atoms with Gasteiger partial charge in [0.15, 0.2) is 11.5 Å². The van der Waals surface area contributed by atoms with Crippen LogP contribution in [0.4, 0.5) is 0 Å². The Morgan fingerprint density at radius 1 is 1.56 bits per heavy atom. The predicted molar refractivity (Wildman–Crippen MR) is 59.3 cm³/mol. The van der Waals surface area contributed by atoms with Gasteiger partial charge >= 0.3 is 0 Å². The van der Waals surface area contributed by atoms with E-state index < -0.39 is 0 Å². The van der Waals surface area contributed by atoms with Crippen molar-refractivity contribution < 1.29 is 9.84 Å². The first kappa shape index (κ1) is 10.8. The zero-order valence-electron chi connectivity index (χ0n) is 9.16. The first-order valence-electron chi connectivity index (χ1n) is 5.18. The molecule has 84 valence electrons. The molecule has 0 aliphatic heterocycles. The SMILES string of the molecule is COc1cc(C2(CN)CC2)cc(C#N)c1O. The molecule has 0 saturated heterocycles. The second kappa shape index (κ2) is 3.69. The van der Waals surface area contributed by atoms with E-state index in [1.807, 2.05) is 6.07 Å². The highest BCUT2D eigenvalue weighted by Gasteiger charge is 2.43. The molecule has 0 unspecified atom stereocenters. The van der Waals surface area contributed by atoms with Gasteiger partial charge < -0.3 is 15.6 Å². The van der Waals surface area contributed by atoms with Gasteiger partial charge in [-0.1, -0.05) is 0 Å². The van der Waals surface area contributed by atoms with Crippen molar-refractivity contribution in [2.45, 2.75) is 18.3 Å². The lowest BCUT2D eigenvalue weighted by Gasteiger charge is -2.15. The predicted octanol–water partition coefficient (Wildman–Crippen LogP) is 1.26. The molecule has 0 spiro atoms. The van der Waals surface area contributed by atoms with Crippen LogP contribution in [0.1, 0.15) is 24.0 Å². The Bertz CT molecular complexity index is 459. The fourth-order valence-electron chi connectivity index (χ4n) is 1.92. The van der Waals surface area contributed by atoms with Crippen molar-refractivity contribution in [1.82, 2.24) is 0 Å². The van der Waals surface area contributed by atoms with E-state index in [2.05, 4.69) is 0 Å². The molecule has 1 aromatic rings. The lowest BCUT2D eigenvalue weighted by Crippen LogP contribution is -2.19. The highest BCUT2D eigenvalue weighted by atomic mass is 16.5. The van der Waals surface area contributed by atoms with Crippen molar-refractivity contribution in [3.8, 4) is 17.6 Å². The van der Waals surface area contributed by atoms with Crippen LogP contribution in [0.15, 0.2) is 12.1 Å². The van der Waals surface area contributed by atoms with Gasteiger partial charge in [0.1, 0.15) is 6.07 Å². The van der Waals surface area contributed by atoms with Crippen LogP contribution < -0.4 is 10.5 Å². The van der Waals surface area contributed by atoms with Gasteiger partial charge in [0.25, 0.3) is 0 Å². The van der Waals surface area contributed by atoms with Crippen molar-refractivity contribution in [1.29, 1.82) is 5.26 Å². The average molecular weight is 218 g/mol. The van der Waals surface area contributed by atoms with Gasteiger partial charge in [-0.25, -0.2) is 0 Å². The molecule has 0 aromatic heterocycles. The molecule has 4 nitrogen and oxygen atoms in total. The second-order valence-corrected chi connectivity index (χ2v) is 4.17. The van der Waals surface area contributed by atoms with Crippen molar-refractivity contribution in [3.05, 3.63) is 23.3 Å². The molecule has 0 atom stereocenters. The Kier molecular flexibility index (Phi) is 2.49. The summed E-state index contributed by atoms with van der Waals surface area (Å²) >= 11 is 0. The Morgan fingerprint density at radius 2 is 2.25 bits per heavy atom. The summed E-state index contributed by atoms with van der Waals surface area (Å²) in [5.41, 5.74) is 6.96. The van der Waals surface area contributed by atoms with E-state index in [0.717, 1.165) is 18.4 Å². The third kappa shape index (κ3) is 1.50. The number of rotatable bonds is 3. The normalized spacial score (nSPS) is 16.6. The molecule has 1 aromatic carbocycles. The standard InChI is InChI=1S/C12H14N2O2/c1-16-10-5-9(12(7-14)2-3-12)4-8(6-13)11(10)15/h4-5,15H,2-3,7,14H2,1H3. The average Bonchev–Trinajstić information content (AvgIpc) is 3.10. The largest absolute Gasteiger partial charge is 0.503 e. The summed E-state index contributed by atoms with van der Waals surface area (Å²) in [6, 6.07) is 5.44. The summed E-state index contributed by atoms with van der Waals surface area (Å²) in [7, 11) is 1.47. The Labute approximate surface area is 94.3 Å². The molecule has 1 aliphatic rings. The van der Waals surface area contributed by atoms with Crippen LogP contribution in [0.2, 0.25) is 0 Å². The highest BCUT2D eigenvalue weighted by Crippen LogP contribution is 2.49. The van der Waals surface area contributed by atoms with E-state index >= 15 is 0 Å². The molecule has 2 rings (SSSR count). The van der Waals surface area contributed by atoms with Gasteiger partial charge in [-0.3, -0.25) is 0 Å². The summed E-state index contributed by atoms with van der Waals surface area (Å²) in [5.74, 6) is 0.246. The summed E-state index contributed by atoms with van der Waals surface area (Å²) in [5, 5.41) is 18.6. The number of methoxy groups -OCH3 is 1. The molecule has 1 aliphatic carbocycles. The van der Waals surface area contributed by atoms with Crippen LogP contribution in [0.25, 0.3) is 0 Å². The Hall–Kier alpha value is -1.73. The molecule has 0 radical (unpaired) electrons. The molecule has 0 bridgehead atoms. The summed E-state index contributed by atoms with van der Waals surface area (Å²) in [6.07, 6.45) is 2.06. The first-order valence-corrected chi connectivity index (χ1v) is 5.18. The van der Waals surface area contributed by atoms with E-state index in [-0.39, 0.29) is 16.7 Å². The number of phenolic OH excluding ortho intramolecular Hbond substituents is 1. The van der Waals surface area contributed by atoms with Crippen molar-refractivity contribution in [3.63, 3.8) is 0 Å². The number of ether oxygens (including phenoxy) is 1. The maximum absolute atomic E-state index is 9.69. The third-order valence-corrected chi connectivity index (χ3v) is 3.27. The number of benzene rings is 1. The van der Waals surface area contributed by atoms with Crippen LogP contribution in [0.5, 0.6) is 11.5 Å². The fourth-order valence-corrected chi connectivity index (χ4v) is 1.92. The fraction of sp³-hybridized carbons (Fsp3) is 0.417. The summed E-state index contributed by atoms with van der Waals surface area (Å²) in [4.78, 5) is 0. The monoisotopic (exact) mass is 218 g/mol. The zero-order valence-corrected chi connectivity index (χ0v) is 9.16. The molecule has 1 saturated carbocycles. The van der Waals surface area contributed by atoms with Crippen LogP contribution in [0, 0.1) is 11.3 Å². The molecule has 4 heteroatoms. The van der Waals surface area contributed by atoms with Gasteiger partial charge in [0, 0.05) is 12.0 Å². The lowest BCUT2D eigenvalue weighted by molar-refractivity contribution is 0.371. The molecule has 0 amide bonds. The first-order chi connectivity index (χ1) is 7.66. The zero-order chi connectivity index (χ0) is 11.8. The number of phenols is 1. The Morgan fingerprint density at radius 3 is 2.69 bits per heavy atom. The topological polar surface area (TPSA) is 79.3 Å². The van der Waals surface area contributed by atoms with Crippen LogP contribution in [-0.2, 0) is 5.41 Å². The van der Waals surface area contributed by atoms with E-state index in [1.165, 1.54) is 7.11 Å². The quantitative estimate of drug-likeness (QED) is 0.800. The third-order valence-electron chi connectivity index (χ3n) is 3.27. The molecular weight excluding hydrogens is 204 g/mol. The number of hydrogen-bond donors (Lipinski definition) is 2. The molecule has 3 N–H and O–H groups in total. The number of hydrogen-bond acceptors (Lipinski definition) is 4. The van der Waals surface area contributed by atoms with E-state index in [4.69, 9.17) is 15.7 Å². The molecule has 0 heterocycles. The smallest absolute Gasteiger partial charge is 0.175 e. The number of aromatic hydroxyl groups is 1. The van der Waals surface area contributed by atoms with Crippen LogP contribution in [0.3, 0.4) is 0 Å². The van der Waals surface area contributed by atoms with Crippen molar-refractivity contribution in [2.75, 3.05) is 13.7 Å². The van der Waals surface area contributed by atoms with E-state index in [0.29, 0.717) is 12.3 Å². The molecular formula is C12H14N2O2. The number of nitriles is 1. The van der Waals surface area contributed by atoms with Crippen LogP contribution >= 0.6 is 0 Å². The second-order valence-electron chi connectivity index (χ2n) is 4.17. The van der Waals surface area contributed by atoms with Crippen molar-refractivity contribution >= 4 is 0 Å². The minimum absolute atomic E-state index is 0.00736. The number of nitrogens with zero attached hydrogens (tertiary/aromatic N) is 1. The van der Waals surface area contributed by atoms with Crippen LogP contribution in [-0.4, -0.2) is 18.8 Å². The van der Waals surface area contributed by atoms with Gasteiger partial charge in [0.05, 0.1) is 12.7 Å². The van der Waals surface area contributed by atoms with Gasteiger partial charge in [-0.15, -0.1) is 0 Å². The Balaban J connectivity index is 2.53. The maximum atomic E-state index is 9.69. The number of nitrogens with two attached hydrogens (primary N) is 1. The summed E-state index contributed by atoms with van der Waals surface area (Å²) < 4.78 is 5.05. The lowest BCUT2D eigenvalue weighted by atomic mass is 9.94. The summed E-state index contributed by atoms with van der Waals surface area (Å²) in [6.45, 7) is 0.561. The minimum Gasteiger partial charge on any atom is -0.503 e. The van der Waals surface area contributed by atoms with Gasteiger partial charge in [0.2, 0.25) is 0 Å². The van der Waals surface area contributed by atoms with E-state index in [1.54, 1.807) is 12.1 Å². The molecule has 1 fully saturated rings. The van der Waals surface area contributed by atoms with Crippen molar-refractivity contribution in [2.24, 2.45) is 5.73 Å². The van der Waals surface area contributed by atoms with E-state index in [9.17, 15) is 5.11 Å². The maximum Gasteiger partial charge on any atom is 0.175 e. The highest BCUT2D eigenvalue weighted by molar-refractivity contribution is 5.56. The minimum atomic E-state index is -0.0958. The molecule has 16 heavy (non-hydrogen) atoms. The van der Waals surface area contributed by atoms with Gasteiger partial charge in [-0.05, 0) is 30.5 Å².